The number of aromatic nitrogens is 1. The van der Waals surface area contributed by atoms with Crippen LogP contribution in [0, 0.1) is 0 Å². The second kappa shape index (κ2) is 7.79. The minimum Gasteiger partial charge on any atom is -0.388 e. The number of likely N-dealkylation sites (N-methyl/N-ethyl adjacent to an activating group) is 1. The van der Waals surface area contributed by atoms with Crippen LogP contribution in [0.4, 0.5) is 0 Å². The summed E-state index contributed by atoms with van der Waals surface area (Å²) in [7, 11) is 0.283. The number of nitrogens with zero attached hydrogens (tertiary/aromatic N) is 3. The Morgan fingerprint density at radius 3 is 2.38 bits per heavy atom. The number of nitrogens with two attached hydrogens (primary N) is 1. The lowest BCUT2D eigenvalue weighted by Crippen LogP contribution is -2.37. The first-order chi connectivity index (χ1) is 9.78. The maximum absolute atomic E-state index is 12.6. The van der Waals surface area contributed by atoms with E-state index in [4.69, 9.17) is 18.0 Å². The van der Waals surface area contributed by atoms with Gasteiger partial charge in [0.1, 0.15) is 9.88 Å². The van der Waals surface area contributed by atoms with Crippen molar-refractivity contribution in [3.8, 4) is 0 Å². The number of thiocarbonyl (C=S) groups is 1. The summed E-state index contributed by atoms with van der Waals surface area (Å²) in [6.07, 6.45) is 2.06. The Labute approximate surface area is 132 Å². The normalized spacial score (nSPS) is 12.0. The van der Waals surface area contributed by atoms with E-state index in [1.54, 1.807) is 0 Å². The third kappa shape index (κ3) is 4.99. The van der Waals surface area contributed by atoms with Crippen LogP contribution in [-0.4, -0.2) is 61.3 Å². The molecule has 0 spiro atoms. The van der Waals surface area contributed by atoms with Gasteiger partial charge in [-0.05, 0) is 32.6 Å². The van der Waals surface area contributed by atoms with Gasteiger partial charge in [-0.2, -0.15) is 4.31 Å². The van der Waals surface area contributed by atoms with E-state index in [0.717, 1.165) is 6.42 Å². The van der Waals surface area contributed by atoms with E-state index in [0.29, 0.717) is 25.3 Å². The largest absolute Gasteiger partial charge is 0.388 e. The Hall–Kier alpha value is -1.09. The van der Waals surface area contributed by atoms with Crippen LogP contribution in [0.3, 0.4) is 0 Å². The summed E-state index contributed by atoms with van der Waals surface area (Å²) in [5, 5.41) is 0. The molecule has 0 bridgehead atoms. The summed E-state index contributed by atoms with van der Waals surface area (Å²) in [5.41, 5.74) is 5.88. The van der Waals surface area contributed by atoms with Gasteiger partial charge in [-0.25, -0.2) is 8.42 Å². The number of hydrogen-bond acceptors (Lipinski definition) is 5. The molecule has 1 aromatic heterocycles. The van der Waals surface area contributed by atoms with Gasteiger partial charge in [-0.15, -0.1) is 0 Å². The molecule has 0 amide bonds. The van der Waals surface area contributed by atoms with Crippen LogP contribution < -0.4 is 5.73 Å². The zero-order valence-corrected chi connectivity index (χ0v) is 14.2. The highest BCUT2D eigenvalue weighted by Gasteiger charge is 2.24. The minimum absolute atomic E-state index is 0.150. The van der Waals surface area contributed by atoms with Crippen molar-refractivity contribution < 1.29 is 8.42 Å². The van der Waals surface area contributed by atoms with Gasteiger partial charge in [0.25, 0.3) is 0 Å². The minimum atomic E-state index is -3.54. The predicted molar refractivity (Wildman–Crippen MR) is 87.7 cm³/mol. The van der Waals surface area contributed by atoms with Crippen molar-refractivity contribution >= 4 is 27.2 Å². The van der Waals surface area contributed by atoms with E-state index in [2.05, 4.69) is 4.98 Å². The summed E-state index contributed by atoms with van der Waals surface area (Å²) in [6, 6.07) is 3.03. The molecule has 1 rings (SSSR count). The topological polar surface area (TPSA) is 79.5 Å². The number of rotatable bonds is 8. The first-order valence-electron chi connectivity index (χ1n) is 6.69. The molecule has 0 aliphatic heterocycles. The molecular weight excluding hydrogens is 308 g/mol. The SMILES string of the molecule is CCCN(CCN(C)C)S(=O)(=O)c1ccc(C(N)=S)nc1. The third-order valence-corrected chi connectivity index (χ3v) is 4.99. The first kappa shape index (κ1) is 18.0. The summed E-state index contributed by atoms with van der Waals surface area (Å²) < 4.78 is 26.7. The average molecular weight is 330 g/mol. The molecule has 0 aliphatic carbocycles. The van der Waals surface area contributed by atoms with E-state index in [-0.39, 0.29) is 9.88 Å². The Morgan fingerprint density at radius 1 is 1.29 bits per heavy atom. The van der Waals surface area contributed by atoms with Crippen molar-refractivity contribution in [1.82, 2.24) is 14.2 Å². The van der Waals surface area contributed by atoms with E-state index >= 15 is 0 Å². The van der Waals surface area contributed by atoms with Crippen molar-refractivity contribution in [2.45, 2.75) is 18.2 Å². The molecule has 0 atom stereocenters. The Bertz CT molecular complexity index is 570. The second-order valence-electron chi connectivity index (χ2n) is 4.95. The Balaban J connectivity index is 3.01. The second-order valence-corrected chi connectivity index (χ2v) is 7.33. The molecule has 0 fully saturated rings. The quantitative estimate of drug-likeness (QED) is 0.706. The third-order valence-electron chi connectivity index (χ3n) is 2.90. The zero-order chi connectivity index (χ0) is 16.0. The van der Waals surface area contributed by atoms with Gasteiger partial charge < -0.3 is 10.6 Å². The van der Waals surface area contributed by atoms with E-state index in [1.807, 2.05) is 25.9 Å². The van der Waals surface area contributed by atoms with Crippen molar-refractivity contribution in [2.24, 2.45) is 5.73 Å². The fraction of sp³-hybridized carbons (Fsp3) is 0.538. The van der Waals surface area contributed by atoms with Gasteiger partial charge in [0, 0.05) is 25.8 Å². The summed E-state index contributed by atoms with van der Waals surface area (Å²) >= 11 is 4.81. The molecule has 118 valence electrons. The van der Waals surface area contributed by atoms with Crippen LogP contribution in [0.15, 0.2) is 23.2 Å². The highest BCUT2D eigenvalue weighted by atomic mass is 32.2. The first-order valence-corrected chi connectivity index (χ1v) is 8.54. The molecule has 1 aromatic rings. The number of hydrogen-bond donors (Lipinski definition) is 1. The number of sulfonamides is 1. The molecule has 8 heteroatoms. The molecule has 1 heterocycles. The van der Waals surface area contributed by atoms with Crippen LogP contribution >= 0.6 is 12.2 Å². The van der Waals surface area contributed by atoms with Crippen LogP contribution in [0.2, 0.25) is 0 Å². The smallest absolute Gasteiger partial charge is 0.244 e. The maximum atomic E-state index is 12.6. The van der Waals surface area contributed by atoms with Crippen LogP contribution in [0.1, 0.15) is 19.0 Å². The molecule has 0 aromatic carbocycles. The molecule has 21 heavy (non-hydrogen) atoms. The molecule has 6 nitrogen and oxygen atoms in total. The fourth-order valence-electron chi connectivity index (χ4n) is 1.74. The molecule has 0 unspecified atom stereocenters. The lowest BCUT2D eigenvalue weighted by Gasteiger charge is -2.23. The highest BCUT2D eigenvalue weighted by molar-refractivity contribution is 7.89. The van der Waals surface area contributed by atoms with Crippen LogP contribution in [0.5, 0.6) is 0 Å². The fourth-order valence-corrected chi connectivity index (χ4v) is 3.33. The van der Waals surface area contributed by atoms with Crippen LogP contribution in [0.25, 0.3) is 0 Å². The molecule has 0 saturated carbocycles. The highest BCUT2D eigenvalue weighted by Crippen LogP contribution is 2.15. The van der Waals surface area contributed by atoms with Crippen molar-refractivity contribution in [3.05, 3.63) is 24.0 Å². The molecule has 0 saturated heterocycles. The molecule has 0 radical (unpaired) electrons. The standard InChI is InChI=1S/C13H22N4O2S2/c1-4-7-17(9-8-16(2)3)21(18,19)11-5-6-12(13(14)20)15-10-11/h5-6,10H,4,7-9H2,1-3H3,(H2,14,20). The monoisotopic (exact) mass is 330 g/mol. The Morgan fingerprint density at radius 2 is 1.95 bits per heavy atom. The molecular formula is C13H22N4O2S2. The van der Waals surface area contributed by atoms with E-state index in [1.165, 1.54) is 22.6 Å². The summed E-state index contributed by atoms with van der Waals surface area (Å²) in [6.45, 7) is 3.54. The van der Waals surface area contributed by atoms with E-state index < -0.39 is 10.0 Å². The van der Waals surface area contributed by atoms with Crippen molar-refractivity contribution in [3.63, 3.8) is 0 Å². The van der Waals surface area contributed by atoms with Gasteiger partial charge >= 0.3 is 0 Å². The molecule has 0 aliphatic rings. The van der Waals surface area contributed by atoms with Gasteiger partial charge in [0.2, 0.25) is 10.0 Å². The average Bonchev–Trinajstić information content (AvgIpc) is 2.43. The summed E-state index contributed by atoms with van der Waals surface area (Å²) in [4.78, 5) is 6.26. The predicted octanol–water partition coefficient (Wildman–Crippen LogP) is 0.678. The number of pyridine rings is 1. The summed E-state index contributed by atoms with van der Waals surface area (Å²) in [5.74, 6) is 0. The lowest BCUT2D eigenvalue weighted by atomic mass is 10.3. The van der Waals surface area contributed by atoms with Gasteiger partial charge in [-0.3, -0.25) is 4.98 Å². The maximum Gasteiger partial charge on any atom is 0.244 e. The Kier molecular flexibility index (Phi) is 6.66. The van der Waals surface area contributed by atoms with E-state index in [9.17, 15) is 8.42 Å². The van der Waals surface area contributed by atoms with Gasteiger partial charge in [0.15, 0.2) is 0 Å². The van der Waals surface area contributed by atoms with Crippen molar-refractivity contribution in [2.75, 3.05) is 33.7 Å². The van der Waals surface area contributed by atoms with Gasteiger partial charge in [0.05, 0.1) is 5.69 Å². The molecule has 2 N–H and O–H groups in total. The lowest BCUT2D eigenvalue weighted by molar-refractivity contribution is 0.333. The van der Waals surface area contributed by atoms with Crippen molar-refractivity contribution in [1.29, 1.82) is 0 Å². The van der Waals surface area contributed by atoms with Crippen LogP contribution in [-0.2, 0) is 10.0 Å². The zero-order valence-electron chi connectivity index (χ0n) is 12.6. The van der Waals surface area contributed by atoms with Gasteiger partial charge in [-0.1, -0.05) is 19.1 Å².